The molecule has 3 N–H and O–H groups in total. The fourth-order valence-corrected chi connectivity index (χ4v) is 2.37. The van der Waals surface area contributed by atoms with Gasteiger partial charge < -0.3 is 10.8 Å². The number of hydrogen-bond donors (Lipinski definition) is 2. The van der Waals surface area contributed by atoms with E-state index in [-0.39, 0.29) is 0 Å². The summed E-state index contributed by atoms with van der Waals surface area (Å²) in [6.07, 6.45) is 1.09. The third kappa shape index (κ3) is 1.21. The van der Waals surface area contributed by atoms with E-state index < -0.39 is 28.6 Å². The van der Waals surface area contributed by atoms with Gasteiger partial charge in [0.2, 0.25) is 5.91 Å². The zero-order valence-corrected chi connectivity index (χ0v) is 8.83. The molecule has 0 unspecified atom stereocenters. The monoisotopic (exact) mass is 199 g/mol. The summed E-state index contributed by atoms with van der Waals surface area (Å²) in [6, 6.07) is 0. The van der Waals surface area contributed by atoms with E-state index in [1.165, 1.54) is 0 Å². The fourth-order valence-electron chi connectivity index (χ4n) is 2.37. The number of amides is 1. The van der Waals surface area contributed by atoms with Crippen molar-refractivity contribution in [2.75, 3.05) is 0 Å². The molecule has 4 heteroatoms. The maximum absolute atomic E-state index is 11.3. The van der Waals surface area contributed by atoms with E-state index in [1.54, 1.807) is 6.92 Å². The van der Waals surface area contributed by atoms with Crippen LogP contribution in [0.4, 0.5) is 0 Å². The highest BCUT2D eigenvalue weighted by molar-refractivity contribution is 5.84. The van der Waals surface area contributed by atoms with Crippen molar-refractivity contribution in [3.05, 3.63) is 0 Å². The topological polar surface area (TPSA) is 80.4 Å². The molecule has 14 heavy (non-hydrogen) atoms. The summed E-state index contributed by atoms with van der Waals surface area (Å²) in [5.74, 6) is -1.70. The minimum atomic E-state index is -0.833. The van der Waals surface area contributed by atoms with E-state index in [0.717, 1.165) is 0 Å². The molecule has 0 saturated heterocycles. The number of nitrogens with two attached hydrogens (primary N) is 1. The van der Waals surface area contributed by atoms with Crippen LogP contribution in [0.1, 0.15) is 33.6 Å². The van der Waals surface area contributed by atoms with Gasteiger partial charge in [-0.05, 0) is 18.3 Å². The summed E-state index contributed by atoms with van der Waals surface area (Å²) < 4.78 is 0. The van der Waals surface area contributed by atoms with E-state index >= 15 is 0 Å². The van der Waals surface area contributed by atoms with Gasteiger partial charge in [-0.25, -0.2) is 0 Å². The Morgan fingerprint density at radius 2 is 1.86 bits per heavy atom. The second-order valence-electron chi connectivity index (χ2n) is 4.85. The molecule has 2 atom stereocenters. The first kappa shape index (κ1) is 11.0. The van der Waals surface area contributed by atoms with E-state index in [0.29, 0.717) is 12.8 Å². The van der Waals surface area contributed by atoms with Crippen LogP contribution in [-0.2, 0) is 9.59 Å². The van der Waals surface area contributed by atoms with Crippen LogP contribution in [-0.4, -0.2) is 17.0 Å². The van der Waals surface area contributed by atoms with Crippen molar-refractivity contribution in [2.24, 2.45) is 22.5 Å². The third-order valence-corrected chi connectivity index (χ3v) is 4.07. The van der Waals surface area contributed by atoms with Gasteiger partial charge in [-0.15, -0.1) is 0 Å². The summed E-state index contributed by atoms with van der Waals surface area (Å²) in [7, 11) is 0. The van der Waals surface area contributed by atoms with E-state index in [4.69, 9.17) is 10.8 Å². The van der Waals surface area contributed by atoms with Crippen molar-refractivity contribution in [1.82, 2.24) is 0 Å². The lowest BCUT2D eigenvalue weighted by Crippen LogP contribution is -2.45. The quantitative estimate of drug-likeness (QED) is 0.696. The summed E-state index contributed by atoms with van der Waals surface area (Å²) in [5.41, 5.74) is 4.07. The molecule has 4 nitrogen and oxygen atoms in total. The first-order valence-corrected chi connectivity index (χ1v) is 4.76. The SMILES string of the molecule is CC1(C)[C@@H](C(=O)O)CC[C@]1(C)C(N)=O. The van der Waals surface area contributed by atoms with Crippen molar-refractivity contribution in [1.29, 1.82) is 0 Å². The van der Waals surface area contributed by atoms with Gasteiger partial charge in [-0.1, -0.05) is 20.8 Å². The number of aliphatic carboxylic acids is 1. The van der Waals surface area contributed by atoms with Gasteiger partial charge >= 0.3 is 5.97 Å². The number of hydrogen-bond acceptors (Lipinski definition) is 2. The molecule has 0 aromatic heterocycles. The Bertz CT molecular complexity index is 285. The average molecular weight is 199 g/mol. The van der Waals surface area contributed by atoms with Gasteiger partial charge in [-0.2, -0.15) is 0 Å². The molecule has 1 aliphatic rings. The molecule has 1 amide bonds. The number of carbonyl (C=O) groups excluding carboxylic acids is 1. The zero-order valence-electron chi connectivity index (χ0n) is 8.83. The molecule has 80 valence electrons. The molecule has 1 fully saturated rings. The number of carboxylic acids is 1. The van der Waals surface area contributed by atoms with Gasteiger partial charge in [-0.3, -0.25) is 9.59 Å². The van der Waals surface area contributed by atoms with Crippen LogP contribution in [0.25, 0.3) is 0 Å². The Kier molecular flexibility index (Phi) is 2.34. The van der Waals surface area contributed by atoms with Crippen LogP contribution in [0.3, 0.4) is 0 Å². The van der Waals surface area contributed by atoms with Crippen molar-refractivity contribution in [3.8, 4) is 0 Å². The molecule has 0 aromatic carbocycles. The van der Waals surface area contributed by atoms with Crippen LogP contribution in [0.2, 0.25) is 0 Å². The zero-order chi connectivity index (χ0) is 11.1. The second kappa shape index (κ2) is 2.97. The number of carboxylic acid groups (broad SMARTS) is 1. The van der Waals surface area contributed by atoms with Crippen molar-refractivity contribution in [2.45, 2.75) is 33.6 Å². The highest BCUT2D eigenvalue weighted by Gasteiger charge is 2.57. The maximum atomic E-state index is 11.3. The first-order chi connectivity index (χ1) is 6.23. The van der Waals surface area contributed by atoms with E-state index in [2.05, 4.69) is 0 Å². The molecule has 0 radical (unpaired) electrons. The summed E-state index contributed by atoms with van der Waals surface area (Å²) in [4.78, 5) is 22.3. The molecule has 1 aliphatic carbocycles. The van der Waals surface area contributed by atoms with Crippen LogP contribution in [0.15, 0.2) is 0 Å². The fraction of sp³-hybridized carbons (Fsp3) is 0.800. The molecular weight excluding hydrogens is 182 g/mol. The molecular formula is C10H17NO3. The molecule has 0 bridgehead atoms. The Labute approximate surface area is 83.5 Å². The molecule has 0 spiro atoms. The summed E-state index contributed by atoms with van der Waals surface area (Å²) in [6.45, 7) is 5.38. The minimum absolute atomic E-state index is 0.397. The second-order valence-corrected chi connectivity index (χ2v) is 4.85. The third-order valence-electron chi connectivity index (χ3n) is 4.07. The van der Waals surface area contributed by atoms with Crippen molar-refractivity contribution < 1.29 is 14.7 Å². The molecule has 0 heterocycles. The normalized spacial score (nSPS) is 35.5. The molecule has 1 saturated carbocycles. The van der Waals surface area contributed by atoms with Crippen LogP contribution in [0, 0.1) is 16.7 Å². The van der Waals surface area contributed by atoms with Gasteiger partial charge in [0.15, 0.2) is 0 Å². The number of primary amides is 1. The highest BCUT2D eigenvalue weighted by atomic mass is 16.4. The lowest BCUT2D eigenvalue weighted by atomic mass is 9.65. The molecule has 1 rings (SSSR count). The Hall–Kier alpha value is -1.06. The minimum Gasteiger partial charge on any atom is -0.481 e. The molecule has 0 aromatic rings. The van der Waals surface area contributed by atoms with Crippen LogP contribution < -0.4 is 5.73 Å². The van der Waals surface area contributed by atoms with Gasteiger partial charge in [0.25, 0.3) is 0 Å². The Morgan fingerprint density at radius 1 is 1.36 bits per heavy atom. The summed E-state index contributed by atoms with van der Waals surface area (Å²) >= 11 is 0. The maximum Gasteiger partial charge on any atom is 0.307 e. The van der Waals surface area contributed by atoms with Gasteiger partial charge in [0, 0.05) is 0 Å². The predicted molar refractivity (Wildman–Crippen MR) is 51.4 cm³/mol. The smallest absolute Gasteiger partial charge is 0.307 e. The largest absolute Gasteiger partial charge is 0.481 e. The van der Waals surface area contributed by atoms with E-state index in [9.17, 15) is 9.59 Å². The first-order valence-electron chi connectivity index (χ1n) is 4.76. The number of carbonyl (C=O) groups is 2. The Morgan fingerprint density at radius 3 is 2.07 bits per heavy atom. The summed E-state index contributed by atoms with van der Waals surface area (Å²) in [5, 5.41) is 9.01. The predicted octanol–water partition coefficient (Wildman–Crippen LogP) is 0.999. The number of rotatable bonds is 2. The highest BCUT2D eigenvalue weighted by Crippen LogP contribution is 2.55. The van der Waals surface area contributed by atoms with Gasteiger partial charge in [0.1, 0.15) is 0 Å². The molecule has 0 aliphatic heterocycles. The van der Waals surface area contributed by atoms with Gasteiger partial charge in [0.05, 0.1) is 11.3 Å². The van der Waals surface area contributed by atoms with E-state index in [1.807, 2.05) is 13.8 Å². The lowest BCUT2D eigenvalue weighted by molar-refractivity contribution is -0.148. The lowest BCUT2D eigenvalue weighted by Gasteiger charge is -2.37. The average Bonchev–Trinajstić information content (AvgIpc) is 2.24. The van der Waals surface area contributed by atoms with Crippen LogP contribution >= 0.6 is 0 Å². The Balaban J connectivity index is 3.08. The van der Waals surface area contributed by atoms with Crippen molar-refractivity contribution >= 4 is 11.9 Å². The standard InChI is InChI=1S/C10H17NO3/c1-9(2)6(7(12)13)4-5-10(9,3)8(11)14/h6H,4-5H2,1-3H3,(H2,11,14)(H,12,13)/t6-,10-/m1/s1. The van der Waals surface area contributed by atoms with Crippen molar-refractivity contribution in [3.63, 3.8) is 0 Å². The van der Waals surface area contributed by atoms with Crippen LogP contribution in [0.5, 0.6) is 0 Å².